The third kappa shape index (κ3) is 5.14. The molecule has 0 radical (unpaired) electrons. The van der Waals surface area contributed by atoms with E-state index in [1.54, 1.807) is 24.3 Å². The fourth-order valence-electron chi connectivity index (χ4n) is 2.35. The Balaban J connectivity index is 1.52. The number of benzene rings is 2. The molecule has 0 fully saturated rings. The van der Waals surface area contributed by atoms with E-state index in [1.165, 1.54) is 24.3 Å². The lowest BCUT2D eigenvalue weighted by Crippen LogP contribution is -2.34. The Hall–Kier alpha value is -3.79. The minimum Gasteiger partial charge on any atom is -0.350 e. The Kier molecular flexibility index (Phi) is 6.15. The number of amides is 2. The van der Waals surface area contributed by atoms with E-state index in [1.807, 2.05) is 0 Å². The van der Waals surface area contributed by atoms with Crippen molar-refractivity contribution in [1.82, 2.24) is 20.8 Å². The average molecular weight is 416 g/mol. The van der Waals surface area contributed by atoms with Gasteiger partial charge in [-0.1, -0.05) is 35.0 Å². The highest BCUT2D eigenvalue weighted by atomic mass is 35.5. The van der Waals surface area contributed by atoms with Gasteiger partial charge in [0.2, 0.25) is 5.82 Å². The molecular formula is C18H14ClN5O5. The number of nitrogens with one attached hydrogen (secondary N) is 2. The number of hydrogen-bond donors (Lipinski definition) is 2. The lowest BCUT2D eigenvalue weighted by molar-refractivity contribution is -0.384. The van der Waals surface area contributed by atoms with Crippen LogP contribution in [0.25, 0.3) is 11.4 Å². The molecule has 29 heavy (non-hydrogen) atoms. The first kappa shape index (κ1) is 20.0. The smallest absolute Gasteiger partial charge is 0.316 e. The van der Waals surface area contributed by atoms with Crippen LogP contribution in [0.5, 0.6) is 0 Å². The zero-order valence-corrected chi connectivity index (χ0v) is 15.5. The first-order chi connectivity index (χ1) is 13.9. The summed E-state index contributed by atoms with van der Waals surface area (Å²) in [4.78, 5) is 38.3. The predicted octanol–water partition coefficient (Wildman–Crippen LogP) is 2.46. The van der Waals surface area contributed by atoms with Crippen LogP contribution in [0, 0.1) is 10.1 Å². The summed E-state index contributed by atoms with van der Waals surface area (Å²) in [6, 6.07) is 12.1. The summed E-state index contributed by atoms with van der Waals surface area (Å²) in [6.45, 7) is 0.294. The van der Waals surface area contributed by atoms with Gasteiger partial charge >= 0.3 is 11.8 Å². The molecule has 0 aliphatic heterocycles. The summed E-state index contributed by atoms with van der Waals surface area (Å²) in [5, 5.41) is 20.1. The fourth-order valence-corrected chi connectivity index (χ4v) is 2.54. The maximum atomic E-state index is 12.1. The molecule has 0 aliphatic carbocycles. The second-order valence-electron chi connectivity index (χ2n) is 5.75. The van der Waals surface area contributed by atoms with Gasteiger partial charge in [0.05, 0.1) is 4.92 Å². The van der Waals surface area contributed by atoms with E-state index in [9.17, 15) is 19.7 Å². The number of nitro groups is 1. The summed E-state index contributed by atoms with van der Waals surface area (Å²) >= 11 is 5.84. The first-order valence-corrected chi connectivity index (χ1v) is 8.72. The van der Waals surface area contributed by atoms with Gasteiger partial charge in [-0.3, -0.25) is 19.7 Å². The number of nitro benzene ring substituents is 1. The lowest BCUT2D eigenvalue weighted by atomic mass is 10.2. The standard InChI is InChI=1S/C18H14ClN5O5/c19-13-5-1-4-12(9-13)16(25)20-7-8-21-17(26)18-22-15(23-29-18)11-3-2-6-14(10-11)24(27)28/h1-6,9-10H,7-8H2,(H,20,25)(H,21,26). The van der Waals surface area contributed by atoms with Crippen LogP contribution in [0.15, 0.2) is 53.1 Å². The van der Waals surface area contributed by atoms with Crippen LogP contribution in [0.4, 0.5) is 5.69 Å². The van der Waals surface area contributed by atoms with Gasteiger partial charge in [-0.05, 0) is 18.2 Å². The number of hydrogen-bond acceptors (Lipinski definition) is 7. The molecule has 3 aromatic rings. The minimum absolute atomic E-state index is 0.0492. The van der Waals surface area contributed by atoms with Crippen molar-refractivity contribution >= 4 is 29.1 Å². The summed E-state index contributed by atoms with van der Waals surface area (Å²) in [6.07, 6.45) is 0. The zero-order chi connectivity index (χ0) is 20.8. The molecule has 0 spiro atoms. The van der Waals surface area contributed by atoms with Gasteiger partial charge in [0.1, 0.15) is 0 Å². The van der Waals surface area contributed by atoms with Crippen molar-refractivity contribution < 1.29 is 19.0 Å². The van der Waals surface area contributed by atoms with Gasteiger partial charge in [0.15, 0.2) is 0 Å². The molecule has 0 bridgehead atoms. The quantitative estimate of drug-likeness (QED) is 0.343. The largest absolute Gasteiger partial charge is 0.350 e. The van der Waals surface area contributed by atoms with E-state index >= 15 is 0 Å². The third-order valence-corrected chi connectivity index (χ3v) is 3.95. The van der Waals surface area contributed by atoms with Crippen molar-refractivity contribution in [3.05, 3.63) is 75.1 Å². The van der Waals surface area contributed by atoms with Gasteiger partial charge < -0.3 is 15.2 Å². The van der Waals surface area contributed by atoms with Crippen molar-refractivity contribution in [2.75, 3.05) is 13.1 Å². The molecule has 11 heteroatoms. The fraction of sp³-hybridized carbons (Fsp3) is 0.111. The molecule has 2 aromatic carbocycles. The number of halogens is 1. The second kappa shape index (κ2) is 8.93. The van der Waals surface area contributed by atoms with E-state index in [2.05, 4.69) is 20.8 Å². The number of nitrogens with zero attached hydrogens (tertiary/aromatic N) is 3. The van der Waals surface area contributed by atoms with Crippen LogP contribution in [0.2, 0.25) is 5.02 Å². The van der Waals surface area contributed by atoms with Crippen molar-refractivity contribution in [1.29, 1.82) is 0 Å². The summed E-state index contributed by atoms with van der Waals surface area (Å²) < 4.78 is 4.90. The SMILES string of the molecule is O=C(NCCNC(=O)c1nc(-c2cccc([N+](=O)[O-])c2)no1)c1cccc(Cl)c1. The summed E-state index contributed by atoms with van der Waals surface area (Å²) in [5.74, 6) is -1.21. The molecule has 148 valence electrons. The Bertz CT molecular complexity index is 1070. The van der Waals surface area contributed by atoms with E-state index < -0.39 is 10.8 Å². The highest BCUT2D eigenvalue weighted by Gasteiger charge is 2.17. The van der Waals surface area contributed by atoms with E-state index in [0.717, 1.165) is 0 Å². The molecular weight excluding hydrogens is 402 g/mol. The second-order valence-corrected chi connectivity index (χ2v) is 6.19. The van der Waals surface area contributed by atoms with Crippen LogP contribution in [0.3, 0.4) is 0 Å². The Morgan fingerprint density at radius 2 is 1.79 bits per heavy atom. The van der Waals surface area contributed by atoms with Gasteiger partial charge in [-0.2, -0.15) is 4.98 Å². The maximum absolute atomic E-state index is 12.1. The summed E-state index contributed by atoms with van der Waals surface area (Å²) in [5.41, 5.74) is 0.617. The molecule has 0 saturated heterocycles. The molecule has 1 aromatic heterocycles. The number of carbonyl (C=O) groups is 2. The minimum atomic E-state index is -0.633. The predicted molar refractivity (Wildman–Crippen MR) is 103 cm³/mol. The molecule has 0 saturated carbocycles. The zero-order valence-electron chi connectivity index (χ0n) is 14.8. The number of aromatic nitrogens is 2. The molecule has 0 atom stereocenters. The highest BCUT2D eigenvalue weighted by Crippen LogP contribution is 2.21. The van der Waals surface area contributed by atoms with Gasteiger partial charge in [-0.25, -0.2) is 0 Å². The molecule has 0 aliphatic rings. The van der Waals surface area contributed by atoms with Crippen LogP contribution in [-0.2, 0) is 0 Å². The number of non-ortho nitro benzene ring substituents is 1. The molecule has 0 unspecified atom stereocenters. The molecule has 3 rings (SSSR count). The van der Waals surface area contributed by atoms with E-state index in [-0.39, 0.29) is 36.4 Å². The monoisotopic (exact) mass is 415 g/mol. The summed E-state index contributed by atoms with van der Waals surface area (Å²) in [7, 11) is 0. The van der Waals surface area contributed by atoms with Gasteiger partial charge in [-0.15, -0.1) is 0 Å². The Morgan fingerprint density at radius 3 is 2.52 bits per heavy atom. The normalized spacial score (nSPS) is 10.4. The Labute approximate surface area is 169 Å². The lowest BCUT2D eigenvalue weighted by Gasteiger charge is -2.06. The van der Waals surface area contributed by atoms with Crippen LogP contribution in [0.1, 0.15) is 21.0 Å². The number of rotatable bonds is 7. The topological polar surface area (TPSA) is 140 Å². The third-order valence-electron chi connectivity index (χ3n) is 3.72. The first-order valence-electron chi connectivity index (χ1n) is 8.34. The van der Waals surface area contributed by atoms with Crippen molar-refractivity contribution in [3.8, 4) is 11.4 Å². The van der Waals surface area contributed by atoms with Crippen molar-refractivity contribution in [2.45, 2.75) is 0 Å². The highest BCUT2D eigenvalue weighted by molar-refractivity contribution is 6.30. The van der Waals surface area contributed by atoms with Gasteiger partial charge in [0.25, 0.3) is 11.6 Å². The molecule has 2 amide bonds. The maximum Gasteiger partial charge on any atom is 0.316 e. The van der Waals surface area contributed by atoms with Crippen molar-refractivity contribution in [3.63, 3.8) is 0 Å². The van der Waals surface area contributed by atoms with E-state index in [0.29, 0.717) is 16.1 Å². The molecule has 2 N–H and O–H groups in total. The van der Waals surface area contributed by atoms with E-state index in [4.69, 9.17) is 16.1 Å². The number of carbonyl (C=O) groups excluding carboxylic acids is 2. The van der Waals surface area contributed by atoms with Crippen LogP contribution in [-0.4, -0.2) is 40.0 Å². The van der Waals surface area contributed by atoms with Crippen LogP contribution < -0.4 is 10.6 Å². The molecule has 10 nitrogen and oxygen atoms in total. The average Bonchev–Trinajstić information content (AvgIpc) is 3.21. The van der Waals surface area contributed by atoms with Crippen LogP contribution >= 0.6 is 11.6 Å². The van der Waals surface area contributed by atoms with Gasteiger partial charge in [0, 0.05) is 41.4 Å². The molecule has 1 heterocycles. The van der Waals surface area contributed by atoms with Crippen molar-refractivity contribution in [2.24, 2.45) is 0 Å². The Morgan fingerprint density at radius 1 is 1.07 bits per heavy atom.